The number of aryl methyl sites for hydroxylation is 1. The number of nitrogens with one attached hydrogen (secondary N) is 1. The van der Waals surface area contributed by atoms with Gasteiger partial charge in [0.15, 0.2) is 0 Å². The molecule has 94 valence electrons. The van der Waals surface area contributed by atoms with Gasteiger partial charge in [0.1, 0.15) is 5.75 Å². The van der Waals surface area contributed by atoms with Crippen molar-refractivity contribution in [3.8, 4) is 5.75 Å². The van der Waals surface area contributed by atoms with E-state index in [9.17, 15) is 0 Å². The number of hydrogen-bond donors (Lipinski definition) is 1. The second-order valence-electron chi connectivity index (χ2n) is 4.73. The Morgan fingerprint density at radius 1 is 1.41 bits per heavy atom. The lowest BCUT2D eigenvalue weighted by Crippen LogP contribution is -2.55. The molecule has 3 heteroatoms. The van der Waals surface area contributed by atoms with Gasteiger partial charge >= 0.3 is 0 Å². The van der Waals surface area contributed by atoms with E-state index in [0.717, 1.165) is 31.8 Å². The average Bonchev–Trinajstić information content (AvgIpc) is 2.26. The van der Waals surface area contributed by atoms with Crippen LogP contribution >= 0.6 is 0 Å². The molecule has 0 unspecified atom stereocenters. The Labute approximate surface area is 104 Å². The molecule has 1 aromatic carbocycles. The molecule has 1 heterocycles. The Balaban J connectivity index is 2.05. The quantitative estimate of drug-likeness (QED) is 0.838. The summed E-state index contributed by atoms with van der Waals surface area (Å²) in [4.78, 5) is 2.41. The Kier molecular flexibility index (Phi) is 4.02. The minimum Gasteiger partial charge on any atom is -0.496 e. The van der Waals surface area contributed by atoms with Crippen molar-refractivity contribution < 1.29 is 4.74 Å². The second kappa shape index (κ2) is 5.52. The summed E-state index contributed by atoms with van der Waals surface area (Å²) in [5.41, 5.74) is 2.67. The molecule has 0 saturated carbocycles. The zero-order chi connectivity index (χ0) is 12.3. The highest BCUT2D eigenvalue weighted by Crippen LogP contribution is 2.21. The van der Waals surface area contributed by atoms with Gasteiger partial charge in [-0.15, -0.1) is 0 Å². The van der Waals surface area contributed by atoms with Gasteiger partial charge in [-0.3, -0.25) is 4.90 Å². The van der Waals surface area contributed by atoms with E-state index >= 15 is 0 Å². The van der Waals surface area contributed by atoms with Crippen molar-refractivity contribution in [1.82, 2.24) is 10.2 Å². The summed E-state index contributed by atoms with van der Waals surface area (Å²) in [5, 5.41) is 3.31. The number of likely N-dealkylation sites (N-methyl/N-ethyl adjacent to an activating group) is 1. The van der Waals surface area contributed by atoms with E-state index in [1.165, 1.54) is 11.1 Å². The van der Waals surface area contributed by atoms with Crippen LogP contribution in [0.25, 0.3) is 0 Å². The van der Waals surface area contributed by atoms with Gasteiger partial charge in [0, 0.05) is 25.7 Å². The molecule has 0 radical (unpaired) electrons. The van der Waals surface area contributed by atoms with Crippen LogP contribution in [-0.2, 0) is 13.0 Å². The summed E-state index contributed by atoms with van der Waals surface area (Å²) in [6.45, 7) is 5.42. The second-order valence-corrected chi connectivity index (χ2v) is 4.73. The number of ether oxygens (including phenoxy) is 1. The molecule has 3 nitrogen and oxygen atoms in total. The number of rotatable bonds is 5. The third-order valence-electron chi connectivity index (χ3n) is 3.54. The Hall–Kier alpha value is -1.06. The number of methoxy groups -OCH3 is 1. The summed E-state index contributed by atoms with van der Waals surface area (Å²) in [7, 11) is 3.93. The van der Waals surface area contributed by atoms with Gasteiger partial charge in [-0.05, 0) is 30.7 Å². The Morgan fingerprint density at radius 2 is 2.18 bits per heavy atom. The molecule has 0 aliphatic carbocycles. The molecule has 17 heavy (non-hydrogen) atoms. The predicted molar refractivity (Wildman–Crippen MR) is 70.5 cm³/mol. The van der Waals surface area contributed by atoms with Gasteiger partial charge in [0.05, 0.1) is 7.11 Å². The van der Waals surface area contributed by atoms with Gasteiger partial charge < -0.3 is 10.1 Å². The predicted octanol–water partition coefficient (Wildman–Crippen LogP) is 1.66. The first-order valence-corrected chi connectivity index (χ1v) is 6.31. The third kappa shape index (κ3) is 2.79. The van der Waals surface area contributed by atoms with Crippen molar-refractivity contribution >= 4 is 0 Å². The van der Waals surface area contributed by atoms with Crippen LogP contribution in [0, 0.1) is 0 Å². The summed E-state index contributed by atoms with van der Waals surface area (Å²) in [5.74, 6) is 1.00. The van der Waals surface area contributed by atoms with Gasteiger partial charge in [-0.25, -0.2) is 0 Å². The third-order valence-corrected chi connectivity index (χ3v) is 3.54. The first-order valence-electron chi connectivity index (χ1n) is 6.31. The fourth-order valence-electron chi connectivity index (χ4n) is 2.21. The summed E-state index contributed by atoms with van der Waals surface area (Å²) in [6, 6.07) is 7.21. The summed E-state index contributed by atoms with van der Waals surface area (Å²) in [6.07, 6.45) is 1.02. The van der Waals surface area contributed by atoms with E-state index in [0.29, 0.717) is 6.04 Å². The lowest BCUT2D eigenvalue weighted by Gasteiger charge is -2.35. The molecule has 0 atom stereocenters. The molecule has 1 saturated heterocycles. The number of nitrogens with zero attached hydrogens (tertiary/aromatic N) is 1. The topological polar surface area (TPSA) is 24.5 Å². The van der Waals surface area contributed by atoms with E-state index in [2.05, 4.69) is 42.4 Å². The normalized spacial score (nSPS) is 16.0. The fourth-order valence-corrected chi connectivity index (χ4v) is 2.21. The van der Waals surface area contributed by atoms with Crippen molar-refractivity contribution in [1.29, 1.82) is 0 Å². The summed E-state index contributed by atoms with van der Waals surface area (Å²) < 4.78 is 5.35. The van der Waals surface area contributed by atoms with Crippen LogP contribution in [0.2, 0.25) is 0 Å². The Bertz CT molecular complexity index is 374. The molecule has 0 bridgehead atoms. The average molecular weight is 234 g/mol. The van der Waals surface area contributed by atoms with Crippen molar-refractivity contribution in [2.75, 3.05) is 27.2 Å². The minimum atomic E-state index is 0.696. The zero-order valence-corrected chi connectivity index (χ0v) is 11.0. The molecule has 2 rings (SSSR count). The first kappa shape index (κ1) is 12.4. The fraction of sp³-hybridized carbons (Fsp3) is 0.571. The van der Waals surface area contributed by atoms with Crippen LogP contribution in [0.4, 0.5) is 0 Å². The van der Waals surface area contributed by atoms with Gasteiger partial charge in [-0.2, -0.15) is 0 Å². The monoisotopic (exact) mass is 234 g/mol. The van der Waals surface area contributed by atoms with Crippen LogP contribution in [-0.4, -0.2) is 38.2 Å². The van der Waals surface area contributed by atoms with Gasteiger partial charge in [0.2, 0.25) is 0 Å². The van der Waals surface area contributed by atoms with E-state index in [1.807, 2.05) is 0 Å². The van der Waals surface area contributed by atoms with E-state index in [1.54, 1.807) is 7.11 Å². The maximum Gasteiger partial charge on any atom is 0.122 e. The van der Waals surface area contributed by atoms with Crippen molar-refractivity contribution in [3.63, 3.8) is 0 Å². The maximum atomic E-state index is 5.35. The van der Waals surface area contributed by atoms with E-state index < -0.39 is 0 Å². The first-order chi connectivity index (χ1) is 8.24. The smallest absolute Gasteiger partial charge is 0.122 e. The molecular weight excluding hydrogens is 212 g/mol. The van der Waals surface area contributed by atoms with Crippen molar-refractivity contribution in [3.05, 3.63) is 29.3 Å². The molecule has 1 fully saturated rings. The highest BCUT2D eigenvalue weighted by Gasteiger charge is 2.21. The van der Waals surface area contributed by atoms with Crippen molar-refractivity contribution in [2.45, 2.75) is 25.9 Å². The summed E-state index contributed by atoms with van der Waals surface area (Å²) >= 11 is 0. The molecule has 1 aromatic rings. The molecule has 1 aliphatic rings. The minimum absolute atomic E-state index is 0.696. The van der Waals surface area contributed by atoms with Crippen molar-refractivity contribution in [2.24, 2.45) is 0 Å². The van der Waals surface area contributed by atoms with E-state index in [-0.39, 0.29) is 0 Å². The molecule has 1 aliphatic heterocycles. The number of hydrogen-bond acceptors (Lipinski definition) is 3. The standard InChI is InChI=1S/C14H22N2O/c1-4-12-7-11(5-6-14(12)17-3)10-16(2)13-8-15-9-13/h5-7,13,15H,4,8-10H2,1-3H3. The highest BCUT2D eigenvalue weighted by molar-refractivity contribution is 5.37. The lowest BCUT2D eigenvalue weighted by molar-refractivity contribution is 0.173. The van der Waals surface area contributed by atoms with Crippen LogP contribution in [0.5, 0.6) is 5.75 Å². The molecule has 0 amide bonds. The maximum absolute atomic E-state index is 5.35. The van der Waals surface area contributed by atoms with Crippen LogP contribution in [0.15, 0.2) is 18.2 Å². The van der Waals surface area contributed by atoms with E-state index in [4.69, 9.17) is 4.74 Å². The highest BCUT2D eigenvalue weighted by atomic mass is 16.5. The number of benzene rings is 1. The SMILES string of the molecule is CCc1cc(CN(C)C2CNC2)ccc1OC. The molecule has 1 N–H and O–H groups in total. The van der Waals surface area contributed by atoms with Crippen LogP contribution < -0.4 is 10.1 Å². The van der Waals surface area contributed by atoms with Gasteiger partial charge in [-0.1, -0.05) is 19.1 Å². The Morgan fingerprint density at radius 3 is 2.71 bits per heavy atom. The molecular formula is C14H22N2O. The van der Waals surface area contributed by atoms with Crippen LogP contribution in [0.1, 0.15) is 18.1 Å². The zero-order valence-electron chi connectivity index (χ0n) is 11.0. The van der Waals surface area contributed by atoms with Gasteiger partial charge in [0.25, 0.3) is 0 Å². The largest absolute Gasteiger partial charge is 0.496 e. The molecule has 0 spiro atoms. The van der Waals surface area contributed by atoms with Crippen LogP contribution in [0.3, 0.4) is 0 Å². The molecule has 0 aromatic heterocycles. The lowest BCUT2D eigenvalue weighted by atomic mass is 10.1.